The smallest absolute Gasteiger partial charge is 0.369 e. The minimum Gasteiger partial charge on any atom is -0.369 e. The first-order chi connectivity index (χ1) is 6.21. The molecule has 1 aliphatic rings. The van der Waals surface area contributed by atoms with Crippen molar-refractivity contribution in [2.75, 3.05) is 6.61 Å². The molecule has 0 bridgehead atoms. The predicted molar refractivity (Wildman–Crippen MR) is 46.5 cm³/mol. The summed E-state index contributed by atoms with van der Waals surface area (Å²) in [6.07, 6.45) is -1.07. The van der Waals surface area contributed by atoms with Gasteiger partial charge in [-0.2, -0.15) is 0 Å². The van der Waals surface area contributed by atoms with E-state index in [0.717, 1.165) is 0 Å². The minimum absolute atomic E-state index is 0.0914. The monoisotopic (exact) mass is 228 g/mol. The quantitative estimate of drug-likeness (QED) is 0.705. The average Bonchev–Trinajstić information content (AvgIpc) is 2.21. The second-order valence-corrected chi connectivity index (χ2v) is 4.91. The summed E-state index contributed by atoms with van der Waals surface area (Å²) in [5.41, 5.74) is -1.46. The van der Waals surface area contributed by atoms with E-state index in [1.165, 1.54) is 6.92 Å². The molecule has 0 radical (unpaired) electrons. The van der Waals surface area contributed by atoms with E-state index >= 15 is 0 Å². The first-order valence-corrected chi connectivity index (χ1v) is 5.78. The van der Waals surface area contributed by atoms with Gasteiger partial charge in [-0.1, -0.05) is 0 Å². The van der Waals surface area contributed by atoms with Gasteiger partial charge in [-0.05, 0) is 13.8 Å². The second-order valence-electron chi connectivity index (χ2n) is 3.67. The van der Waals surface area contributed by atoms with Crippen molar-refractivity contribution in [1.82, 2.24) is 0 Å². The topological polar surface area (TPSA) is 76.0 Å². The highest BCUT2D eigenvalue weighted by atomic mass is 31.2. The van der Waals surface area contributed by atoms with Gasteiger partial charge in [0.25, 0.3) is 0 Å². The van der Waals surface area contributed by atoms with Gasteiger partial charge < -0.3 is 14.5 Å². The van der Waals surface area contributed by atoms with E-state index in [1.54, 1.807) is 6.92 Å². The fourth-order valence-corrected chi connectivity index (χ4v) is 1.73. The lowest BCUT2D eigenvalue weighted by molar-refractivity contribution is -0.00436. The van der Waals surface area contributed by atoms with Crippen molar-refractivity contribution in [3.63, 3.8) is 0 Å². The Morgan fingerprint density at radius 3 is 2.64 bits per heavy atom. The van der Waals surface area contributed by atoms with Crippen LogP contribution in [0.5, 0.6) is 0 Å². The summed E-state index contributed by atoms with van der Waals surface area (Å²) in [6.45, 7) is 2.70. The molecule has 1 rings (SSSR count). The van der Waals surface area contributed by atoms with Crippen molar-refractivity contribution in [3.8, 4) is 0 Å². The number of halogens is 1. The Morgan fingerprint density at radius 2 is 2.29 bits per heavy atom. The summed E-state index contributed by atoms with van der Waals surface area (Å²) in [5.74, 6) is 0. The van der Waals surface area contributed by atoms with Crippen molar-refractivity contribution in [2.24, 2.45) is 0 Å². The molecule has 0 aromatic rings. The molecule has 1 heterocycles. The Hall–Kier alpha value is -0.0000000000000000555. The zero-order valence-corrected chi connectivity index (χ0v) is 8.91. The number of hydrogen-bond acceptors (Lipinski definition) is 3. The molecule has 0 aromatic heterocycles. The van der Waals surface area contributed by atoms with E-state index in [1.807, 2.05) is 0 Å². The first-order valence-electron chi connectivity index (χ1n) is 4.25. The van der Waals surface area contributed by atoms with Crippen molar-refractivity contribution < 1.29 is 28.0 Å². The van der Waals surface area contributed by atoms with Crippen molar-refractivity contribution in [2.45, 2.75) is 38.1 Å². The summed E-state index contributed by atoms with van der Waals surface area (Å²) in [4.78, 5) is 16.8. The molecule has 0 amide bonds. The molecule has 5 nitrogen and oxygen atoms in total. The zero-order chi connectivity index (χ0) is 11.0. The summed E-state index contributed by atoms with van der Waals surface area (Å²) in [5, 5.41) is 0. The fraction of sp³-hybridized carbons (Fsp3) is 1.00. The fourth-order valence-electron chi connectivity index (χ4n) is 1.37. The third-order valence-electron chi connectivity index (χ3n) is 2.30. The van der Waals surface area contributed by atoms with Crippen LogP contribution in [0.25, 0.3) is 0 Å². The second kappa shape index (κ2) is 3.87. The van der Waals surface area contributed by atoms with Crippen LogP contribution in [0, 0.1) is 0 Å². The normalized spacial score (nSPS) is 38.9. The van der Waals surface area contributed by atoms with Crippen LogP contribution in [0.4, 0.5) is 4.39 Å². The molecular weight excluding hydrogens is 214 g/mol. The van der Waals surface area contributed by atoms with E-state index in [4.69, 9.17) is 14.5 Å². The van der Waals surface area contributed by atoms with E-state index in [0.29, 0.717) is 0 Å². The predicted octanol–water partition coefficient (Wildman–Crippen LogP) is 1.00. The Balaban J connectivity index is 2.40. The van der Waals surface area contributed by atoms with Gasteiger partial charge in [0.2, 0.25) is 0 Å². The molecule has 3 atom stereocenters. The number of alkyl halides is 1. The van der Waals surface area contributed by atoms with E-state index < -0.39 is 25.7 Å². The third kappa shape index (κ3) is 3.29. The maximum Gasteiger partial charge on any atom is 0.469 e. The molecular formula is C7H14FO5P. The summed E-state index contributed by atoms with van der Waals surface area (Å²) >= 11 is 0. The molecule has 7 heteroatoms. The van der Waals surface area contributed by atoms with E-state index in [2.05, 4.69) is 4.52 Å². The van der Waals surface area contributed by atoms with Gasteiger partial charge in [0.05, 0.1) is 18.8 Å². The number of phosphoric ester groups is 1. The summed E-state index contributed by atoms with van der Waals surface area (Å²) < 4.78 is 33.2. The zero-order valence-electron chi connectivity index (χ0n) is 8.01. The Labute approximate surface area is 81.5 Å². The maximum absolute atomic E-state index is 13.5. The standard InChI is InChI=1S/C7H14FO5P/c1-5-7(2,8)3-6(13-5)4-12-14(9,10)11/h5-6H,3-4H2,1-2H3,(H2,9,10,11)/t5?,6?,7-/m1/s1. The van der Waals surface area contributed by atoms with Crippen molar-refractivity contribution in [1.29, 1.82) is 0 Å². The molecule has 1 fully saturated rings. The molecule has 0 saturated carbocycles. The van der Waals surface area contributed by atoms with E-state index in [9.17, 15) is 8.96 Å². The highest BCUT2D eigenvalue weighted by Crippen LogP contribution is 2.39. The van der Waals surface area contributed by atoms with Gasteiger partial charge in [0.15, 0.2) is 0 Å². The lowest BCUT2D eigenvalue weighted by atomic mass is 10.00. The van der Waals surface area contributed by atoms with Gasteiger partial charge in [0.1, 0.15) is 5.67 Å². The van der Waals surface area contributed by atoms with Gasteiger partial charge >= 0.3 is 7.82 Å². The molecule has 14 heavy (non-hydrogen) atoms. The highest BCUT2D eigenvalue weighted by molar-refractivity contribution is 7.46. The van der Waals surface area contributed by atoms with Crippen LogP contribution in [-0.2, 0) is 13.8 Å². The number of rotatable bonds is 3. The first kappa shape index (κ1) is 12.1. The largest absolute Gasteiger partial charge is 0.469 e. The molecule has 2 unspecified atom stereocenters. The Bertz CT molecular complexity index is 250. The molecule has 1 aliphatic heterocycles. The number of phosphoric acid groups is 1. The van der Waals surface area contributed by atoms with Crippen LogP contribution in [0.3, 0.4) is 0 Å². The SMILES string of the molecule is CC1OC(COP(=O)(O)O)C[C@@]1(C)F. The molecule has 1 saturated heterocycles. The molecule has 0 aliphatic carbocycles. The summed E-state index contributed by atoms with van der Waals surface area (Å²) in [7, 11) is -4.48. The van der Waals surface area contributed by atoms with Crippen molar-refractivity contribution in [3.05, 3.63) is 0 Å². The van der Waals surface area contributed by atoms with Crippen LogP contribution in [0.15, 0.2) is 0 Å². The van der Waals surface area contributed by atoms with E-state index in [-0.39, 0.29) is 13.0 Å². The van der Waals surface area contributed by atoms with Crippen LogP contribution in [0.1, 0.15) is 20.3 Å². The van der Waals surface area contributed by atoms with Crippen LogP contribution in [-0.4, -0.2) is 34.3 Å². The average molecular weight is 228 g/mol. The van der Waals surface area contributed by atoms with Crippen molar-refractivity contribution >= 4 is 7.82 Å². The lowest BCUT2D eigenvalue weighted by Crippen LogP contribution is -2.26. The minimum atomic E-state index is -4.48. The van der Waals surface area contributed by atoms with Gasteiger partial charge in [-0.25, -0.2) is 8.96 Å². The Kier molecular flexibility index (Phi) is 3.33. The van der Waals surface area contributed by atoms with Crippen LogP contribution >= 0.6 is 7.82 Å². The molecule has 0 spiro atoms. The van der Waals surface area contributed by atoms with Crippen LogP contribution < -0.4 is 0 Å². The lowest BCUT2D eigenvalue weighted by Gasteiger charge is -2.15. The molecule has 84 valence electrons. The van der Waals surface area contributed by atoms with Crippen LogP contribution in [0.2, 0.25) is 0 Å². The highest BCUT2D eigenvalue weighted by Gasteiger charge is 2.43. The maximum atomic E-state index is 13.5. The number of ether oxygens (including phenoxy) is 1. The third-order valence-corrected chi connectivity index (χ3v) is 2.79. The molecule has 0 aromatic carbocycles. The Morgan fingerprint density at radius 1 is 1.71 bits per heavy atom. The molecule has 2 N–H and O–H groups in total. The summed E-state index contributed by atoms with van der Waals surface area (Å²) in [6, 6.07) is 0. The van der Waals surface area contributed by atoms with Gasteiger partial charge in [-0.15, -0.1) is 0 Å². The number of hydrogen-bond donors (Lipinski definition) is 2. The van der Waals surface area contributed by atoms with Gasteiger partial charge in [0, 0.05) is 6.42 Å². The van der Waals surface area contributed by atoms with Gasteiger partial charge in [-0.3, -0.25) is 4.52 Å².